The Morgan fingerprint density at radius 2 is 2.00 bits per heavy atom. The number of halogens is 1. The van der Waals surface area contributed by atoms with Crippen LogP contribution >= 0.6 is 10.7 Å². The standard InChI is InChI=1S/C14H18ClNO4S/c1-9-6-10(2)13(21(15,18)19)7-12(9)14(17)16-5-4-11(8-16)20-3/h6-7,11H,4-5,8H2,1-3H3. The van der Waals surface area contributed by atoms with E-state index >= 15 is 0 Å². The lowest BCUT2D eigenvalue weighted by Gasteiger charge is -2.18. The average molecular weight is 332 g/mol. The summed E-state index contributed by atoms with van der Waals surface area (Å²) in [6.07, 6.45) is 0.823. The molecule has 1 saturated heterocycles. The van der Waals surface area contributed by atoms with E-state index in [9.17, 15) is 13.2 Å². The molecule has 1 atom stereocenters. The van der Waals surface area contributed by atoms with Crippen LogP contribution in [-0.4, -0.2) is 45.5 Å². The van der Waals surface area contributed by atoms with Gasteiger partial charge in [0, 0.05) is 36.4 Å². The lowest BCUT2D eigenvalue weighted by Crippen LogP contribution is -2.30. The molecule has 0 radical (unpaired) electrons. The van der Waals surface area contributed by atoms with Gasteiger partial charge in [0.25, 0.3) is 15.0 Å². The minimum Gasteiger partial charge on any atom is -0.380 e. The number of hydrogen-bond acceptors (Lipinski definition) is 4. The molecule has 1 aromatic rings. The number of nitrogens with zero attached hydrogens (tertiary/aromatic N) is 1. The highest BCUT2D eigenvalue weighted by atomic mass is 35.7. The molecule has 0 bridgehead atoms. The number of rotatable bonds is 3. The molecule has 116 valence electrons. The predicted molar refractivity (Wildman–Crippen MR) is 80.3 cm³/mol. The number of aryl methyl sites for hydroxylation is 2. The second-order valence-corrected chi connectivity index (χ2v) is 7.80. The molecule has 1 fully saturated rings. The molecule has 1 heterocycles. The van der Waals surface area contributed by atoms with E-state index in [0.717, 1.165) is 12.0 Å². The summed E-state index contributed by atoms with van der Waals surface area (Å²) in [5.41, 5.74) is 1.65. The molecule has 2 rings (SSSR count). The molecule has 0 aromatic heterocycles. The summed E-state index contributed by atoms with van der Waals surface area (Å²) in [6.45, 7) is 4.57. The van der Waals surface area contributed by atoms with Crippen molar-refractivity contribution in [3.8, 4) is 0 Å². The Hall–Kier alpha value is -1.11. The fourth-order valence-electron chi connectivity index (χ4n) is 2.60. The number of benzene rings is 1. The number of carbonyl (C=O) groups is 1. The van der Waals surface area contributed by atoms with E-state index < -0.39 is 9.05 Å². The number of ether oxygens (including phenoxy) is 1. The normalized spacial score (nSPS) is 19.0. The van der Waals surface area contributed by atoms with Gasteiger partial charge in [-0.05, 0) is 37.5 Å². The Bertz CT molecular complexity index is 672. The van der Waals surface area contributed by atoms with Crippen molar-refractivity contribution in [1.82, 2.24) is 4.90 Å². The van der Waals surface area contributed by atoms with E-state index in [1.165, 1.54) is 6.07 Å². The molecule has 0 aliphatic carbocycles. The Morgan fingerprint density at radius 1 is 1.33 bits per heavy atom. The third-order valence-electron chi connectivity index (χ3n) is 3.78. The summed E-state index contributed by atoms with van der Waals surface area (Å²) in [7, 11) is 3.18. The van der Waals surface area contributed by atoms with Crippen molar-refractivity contribution in [2.75, 3.05) is 20.2 Å². The molecule has 21 heavy (non-hydrogen) atoms. The average Bonchev–Trinajstić information content (AvgIpc) is 2.85. The molecule has 0 saturated carbocycles. The maximum absolute atomic E-state index is 12.6. The molecule has 5 nitrogen and oxygen atoms in total. The number of amides is 1. The van der Waals surface area contributed by atoms with Gasteiger partial charge in [-0.2, -0.15) is 0 Å². The van der Waals surface area contributed by atoms with E-state index in [4.69, 9.17) is 15.4 Å². The highest BCUT2D eigenvalue weighted by Crippen LogP contribution is 2.25. The zero-order valence-corrected chi connectivity index (χ0v) is 13.8. The fourth-order valence-corrected chi connectivity index (χ4v) is 3.80. The monoisotopic (exact) mass is 331 g/mol. The summed E-state index contributed by atoms with van der Waals surface area (Å²) in [6, 6.07) is 3.04. The van der Waals surface area contributed by atoms with Gasteiger partial charge in [0.05, 0.1) is 11.0 Å². The predicted octanol–water partition coefficient (Wildman–Crippen LogP) is 2.09. The van der Waals surface area contributed by atoms with Crippen molar-refractivity contribution in [1.29, 1.82) is 0 Å². The smallest absolute Gasteiger partial charge is 0.261 e. The quantitative estimate of drug-likeness (QED) is 0.796. The number of methoxy groups -OCH3 is 1. The van der Waals surface area contributed by atoms with E-state index in [1.807, 2.05) is 0 Å². The van der Waals surface area contributed by atoms with E-state index in [0.29, 0.717) is 24.2 Å². The first-order valence-corrected chi connectivity index (χ1v) is 8.93. The van der Waals surface area contributed by atoms with Gasteiger partial charge < -0.3 is 9.64 Å². The van der Waals surface area contributed by atoms with E-state index in [2.05, 4.69) is 0 Å². The second-order valence-electron chi connectivity index (χ2n) is 5.27. The third kappa shape index (κ3) is 3.39. The van der Waals surface area contributed by atoms with Crippen LogP contribution in [0.15, 0.2) is 17.0 Å². The number of carbonyl (C=O) groups excluding carboxylic acids is 1. The Morgan fingerprint density at radius 3 is 2.52 bits per heavy atom. The van der Waals surface area contributed by atoms with Gasteiger partial charge in [0.1, 0.15) is 0 Å². The minimum atomic E-state index is -3.87. The van der Waals surface area contributed by atoms with Crippen LogP contribution < -0.4 is 0 Å². The van der Waals surface area contributed by atoms with Crippen molar-refractivity contribution in [2.24, 2.45) is 0 Å². The molecule has 1 unspecified atom stereocenters. The molecular formula is C14H18ClNO4S. The Balaban J connectivity index is 2.38. The second kappa shape index (κ2) is 5.94. The van der Waals surface area contributed by atoms with E-state index in [-0.39, 0.29) is 16.9 Å². The molecule has 1 aliphatic rings. The van der Waals surface area contributed by atoms with Crippen LogP contribution in [0.25, 0.3) is 0 Å². The minimum absolute atomic E-state index is 0.0133. The number of hydrogen-bond donors (Lipinski definition) is 0. The van der Waals surface area contributed by atoms with Crippen LogP contribution in [0.5, 0.6) is 0 Å². The van der Waals surface area contributed by atoms with Gasteiger partial charge in [-0.1, -0.05) is 6.07 Å². The van der Waals surface area contributed by atoms with Crippen LogP contribution in [0.2, 0.25) is 0 Å². The van der Waals surface area contributed by atoms with Gasteiger partial charge in [0.2, 0.25) is 0 Å². The van der Waals surface area contributed by atoms with Gasteiger partial charge in [-0.3, -0.25) is 4.79 Å². The topological polar surface area (TPSA) is 63.7 Å². The third-order valence-corrected chi connectivity index (χ3v) is 5.24. The van der Waals surface area contributed by atoms with Crippen LogP contribution in [-0.2, 0) is 13.8 Å². The summed E-state index contributed by atoms with van der Waals surface area (Å²) in [5, 5.41) is 0. The molecule has 7 heteroatoms. The molecule has 0 spiro atoms. The maximum atomic E-state index is 12.6. The first-order valence-electron chi connectivity index (χ1n) is 6.62. The lowest BCUT2D eigenvalue weighted by molar-refractivity contribution is 0.0723. The van der Waals surface area contributed by atoms with Gasteiger partial charge in [0.15, 0.2) is 0 Å². The summed E-state index contributed by atoms with van der Waals surface area (Å²) in [4.78, 5) is 14.2. The number of likely N-dealkylation sites (tertiary alicyclic amines) is 1. The molecule has 1 amide bonds. The van der Waals surface area contributed by atoms with Crippen LogP contribution in [0.4, 0.5) is 0 Å². The molecular weight excluding hydrogens is 314 g/mol. The summed E-state index contributed by atoms with van der Waals surface area (Å²) < 4.78 is 28.4. The first kappa shape index (κ1) is 16.3. The maximum Gasteiger partial charge on any atom is 0.261 e. The van der Waals surface area contributed by atoms with Gasteiger partial charge in [-0.25, -0.2) is 8.42 Å². The summed E-state index contributed by atoms with van der Waals surface area (Å²) in [5.74, 6) is -0.186. The zero-order chi connectivity index (χ0) is 15.8. The van der Waals surface area contributed by atoms with Crippen molar-refractivity contribution >= 4 is 25.6 Å². The Kier molecular flexibility index (Phi) is 4.60. The SMILES string of the molecule is COC1CCN(C(=O)c2cc(S(=O)(=O)Cl)c(C)cc2C)C1. The van der Waals surface area contributed by atoms with Crippen LogP contribution in [0.3, 0.4) is 0 Å². The van der Waals surface area contributed by atoms with Crippen molar-refractivity contribution in [3.63, 3.8) is 0 Å². The molecule has 1 aromatic carbocycles. The van der Waals surface area contributed by atoms with Crippen molar-refractivity contribution < 1.29 is 17.9 Å². The highest BCUT2D eigenvalue weighted by molar-refractivity contribution is 8.13. The molecule has 0 N–H and O–H groups in total. The van der Waals surface area contributed by atoms with E-state index in [1.54, 1.807) is 31.9 Å². The first-order chi connectivity index (χ1) is 9.74. The van der Waals surface area contributed by atoms with Crippen LogP contribution in [0, 0.1) is 13.8 Å². The lowest BCUT2D eigenvalue weighted by atomic mass is 10.0. The largest absolute Gasteiger partial charge is 0.380 e. The Labute approximate surface area is 129 Å². The van der Waals surface area contributed by atoms with Gasteiger partial charge in [-0.15, -0.1) is 0 Å². The summed E-state index contributed by atoms with van der Waals surface area (Å²) >= 11 is 0. The zero-order valence-electron chi connectivity index (χ0n) is 12.2. The fraction of sp³-hybridized carbons (Fsp3) is 0.500. The van der Waals surface area contributed by atoms with Gasteiger partial charge >= 0.3 is 0 Å². The molecule has 1 aliphatic heterocycles. The highest BCUT2D eigenvalue weighted by Gasteiger charge is 2.28. The van der Waals surface area contributed by atoms with Crippen molar-refractivity contribution in [2.45, 2.75) is 31.3 Å². The van der Waals surface area contributed by atoms with Crippen molar-refractivity contribution in [3.05, 3.63) is 28.8 Å². The van der Waals surface area contributed by atoms with Crippen LogP contribution in [0.1, 0.15) is 27.9 Å².